The van der Waals surface area contributed by atoms with Crippen LogP contribution in [0.2, 0.25) is 0 Å². The Morgan fingerprint density at radius 1 is 1.62 bits per heavy atom. The number of thiophene rings is 1. The fraction of sp³-hybridized carbons (Fsp3) is 0.667. The fourth-order valence-electron chi connectivity index (χ4n) is 1.64. The lowest BCUT2D eigenvalue weighted by Crippen LogP contribution is -2.47. The summed E-state index contributed by atoms with van der Waals surface area (Å²) in [5, 5.41) is 15.1. The molecule has 0 aromatic carbocycles. The third-order valence-electron chi connectivity index (χ3n) is 2.87. The molecule has 0 saturated heterocycles. The van der Waals surface area contributed by atoms with Gasteiger partial charge in [-0.2, -0.15) is 0 Å². The van der Waals surface area contributed by atoms with Gasteiger partial charge in [-0.05, 0) is 37.6 Å². The molecule has 1 fully saturated rings. The molecule has 1 aromatic rings. The maximum Gasteiger partial charge on any atom is 0.0610 e. The van der Waals surface area contributed by atoms with Gasteiger partial charge in [0.25, 0.3) is 0 Å². The van der Waals surface area contributed by atoms with E-state index in [-0.39, 0.29) is 12.1 Å². The van der Waals surface area contributed by atoms with Crippen LogP contribution in [0.15, 0.2) is 21.7 Å². The lowest BCUT2D eigenvalue weighted by molar-refractivity contribution is 0.169. The van der Waals surface area contributed by atoms with Crippen molar-refractivity contribution < 1.29 is 5.11 Å². The summed E-state index contributed by atoms with van der Waals surface area (Å²) in [4.78, 5) is 0. The Kier molecular flexibility index (Phi) is 4.30. The van der Waals surface area contributed by atoms with Crippen molar-refractivity contribution in [1.29, 1.82) is 0 Å². The molecular formula is C12H19NOS2. The van der Waals surface area contributed by atoms with Crippen LogP contribution in [0.4, 0.5) is 0 Å². The Hall–Kier alpha value is -0.0300. The molecule has 0 spiro atoms. The highest BCUT2D eigenvalue weighted by molar-refractivity contribution is 8.01. The van der Waals surface area contributed by atoms with Crippen molar-refractivity contribution in [3.63, 3.8) is 0 Å². The second kappa shape index (κ2) is 5.54. The van der Waals surface area contributed by atoms with Gasteiger partial charge in [0.1, 0.15) is 0 Å². The zero-order valence-corrected chi connectivity index (χ0v) is 11.2. The summed E-state index contributed by atoms with van der Waals surface area (Å²) in [7, 11) is 0. The average molecular weight is 257 g/mol. The molecule has 2 N–H and O–H groups in total. The first-order chi connectivity index (χ1) is 7.72. The molecule has 0 bridgehead atoms. The Labute approximate surface area is 105 Å². The standard InChI is InChI=1S/C12H19NOS2/c1-12(9-14,13-10-4-5-10)6-8-16-11-3-2-7-15-11/h2-3,7,10,13-14H,4-6,8-9H2,1H3. The van der Waals surface area contributed by atoms with Gasteiger partial charge in [0, 0.05) is 17.3 Å². The Balaban J connectivity index is 1.73. The molecule has 1 heterocycles. The number of thioether (sulfide) groups is 1. The number of aliphatic hydroxyl groups is 1. The van der Waals surface area contributed by atoms with Gasteiger partial charge in [-0.1, -0.05) is 6.07 Å². The monoisotopic (exact) mass is 257 g/mol. The zero-order chi connectivity index (χ0) is 11.4. The maximum atomic E-state index is 9.45. The molecule has 0 radical (unpaired) electrons. The van der Waals surface area contributed by atoms with E-state index < -0.39 is 0 Å². The predicted octanol–water partition coefficient (Wildman–Crippen LogP) is 2.73. The number of aliphatic hydroxyl groups excluding tert-OH is 1. The summed E-state index contributed by atoms with van der Waals surface area (Å²) in [6.07, 6.45) is 3.56. The summed E-state index contributed by atoms with van der Waals surface area (Å²) >= 11 is 3.67. The van der Waals surface area contributed by atoms with Gasteiger partial charge in [0.15, 0.2) is 0 Å². The molecule has 2 rings (SSSR count). The molecule has 16 heavy (non-hydrogen) atoms. The van der Waals surface area contributed by atoms with E-state index in [2.05, 4.69) is 29.8 Å². The molecule has 1 aliphatic carbocycles. The lowest BCUT2D eigenvalue weighted by atomic mass is 10.0. The predicted molar refractivity (Wildman–Crippen MR) is 71.3 cm³/mol. The summed E-state index contributed by atoms with van der Waals surface area (Å²) in [5.41, 5.74) is -0.0918. The van der Waals surface area contributed by atoms with Crippen molar-refractivity contribution in [3.8, 4) is 0 Å². The van der Waals surface area contributed by atoms with E-state index in [9.17, 15) is 5.11 Å². The van der Waals surface area contributed by atoms with E-state index in [0.29, 0.717) is 6.04 Å². The molecule has 1 saturated carbocycles. The van der Waals surface area contributed by atoms with Crippen LogP contribution in [0.3, 0.4) is 0 Å². The van der Waals surface area contributed by atoms with E-state index in [1.807, 2.05) is 11.8 Å². The van der Waals surface area contributed by atoms with Crippen molar-refractivity contribution >= 4 is 23.1 Å². The number of rotatable bonds is 7. The molecule has 90 valence electrons. The van der Waals surface area contributed by atoms with Crippen molar-refractivity contribution in [2.45, 2.75) is 42.0 Å². The van der Waals surface area contributed by atoms with E-state index in [4.69, 9.17) is 0 Å². The van der Waals surface area contributed by atoms with Crippen LogP contribution in [0, 0.1) is 0 Å². The average Bonchev–Trinajstić information content (AvgIpc) is 2.92. The molecular weight excluding hydrogens is 238 g/mol. The van der Waals surface area contributed by atoms with Crippen LogP contribution in [-0.2, 0) is 0 Å². The summed E-state index contributed by atoms with van der Waals surface area (Å²) < 4.78 is 1.37. The van der Waals surface area contributed by atoms with Crippen molar-refractivity contribution in [1.82, 2.24) is 5.32 Å². The second-order valence-corrected chi connectivity index (χ2v) is 7.01. The van der Waals surface area contributed by atoms with Gasteiger partial charge in [-0.25, -0.2) is 0 Å². The number of nitrogens with one attached hydrogen (secondary N) is 1. The van der Waals surface area contributed by atoms with Crippen LogP contribution in [0.25, 0.3) is 0 Å². The first-order valence-electron chi connectivity index (χ1n) is 5.77. The van der Waals surface area contributed by atoms with Crippen LogP contribution in [0.1, 0.15) is 26.2 Å². The molecule has 2 nitrogen and oxygen atoms in total. The lowest BCUT2D eigenvalue weighted by Gasteiger charge is -2.28. The quantitative estimate of drug-likeness (QED) is 0.737. The zero-order valence-electron chi connectivity index (χ0n) is 9.61. The Morgan fingerprint density at radius 3 is 3.00 bits per heavy atom. The molecule has 1 aromatic heterocycles. The SMILES string of the molecule is CC(CO)(CCSc1cccs1)NC1CC1. The molecule has 0 amide bonds. The Bertz CT molecular complexity index is 311. The summed E-state index contributed by atoms with van der Waals surface area (Å²) in [5.74, 6) is 1.07. The van der Waals surface area contributed by atoms with Gasteiger partial charge in [0.05, 0.1) is 10.8 Å². The maximum absolute atomic E-state index is 9.45. The van der Waals surface area contributed by atoms with Gasteiger partial charge < -0.3 is 10.4 Å². The van der Waals surface area contributed by atoms with E-state index in [1.165, 1.54) is 17.1 Å². The first kappa shape index (κ1) is 12.4. The minimum atomic E-state index is -0.0918. The van der Waals surface area contributed by atoms with Crippen LogP contribution in [-0.4, -0.2) is 29.0 Å². The third-order valence-corrected chi connectivity index (χ3v) is 5.00. The molecule has 1 atom stereocenters. The highest BCUT2D eigenvalue weighted by Crippen LogP contribution is 2.28. The van der Waals surface area contributed by atoms with Gasteiger partial charge in [0.2, 0.25) is 0 Å². The third kappa shape index (κ3) is 3.77. The minimum Gasteiger partial charge on any atom is -0.394 e. The van der Waals surface area contributed by atoms with Crippen LogP contribution >= 0.6 is 23.1 Å². The van der Waals surface area contributed by atoms with E-state index in [1.54, 1.807) is 11.3 Å². The smallest absolute Gasteiger partial charge is 0.0610 e. The van der Waals surface area contributed by atoms with Gasteiger partial charge in [-0.15, -0.1) is 23.1 Å². The van der Waals surface area contributed by atoms with Crippen LogP contribution < -0.4 is 5.32 Å². The summed E-state index contributed by atoms with van der Waals surface area (Å²) in [6, 6.07) is 4.89. The number of hydrogen-bond donors (Lipinski definition) is 2. The van der Waals surface area contributed by atoms with Crippen molar-refractivity contribution in [2.24, 2.45) is 0 Å². The number of hydrogen-bond acceptors (Lipinski definition) is 4. The minimum absolute atomic E-state index is 0.0918. The normalized spacial score (nSPS) is 19.6. The van der Waals surface area contributed by atoms with E-state index in [0.717, 1.165) is 12.2 Å². The van der Waals surface area contributed by atoms with Crippen molar-refractivity contribution in [3.05, 3.63) is 17.5 Å². The molecule has 1 aliphatic rings. The Morgan fingerprint density at radius 2 is 2.44 bits per heavy atom. The van der Waals surface area contributed by atoms with Gasteiger partial charge in [-0.3, -0.25) is 0 Å². The summed E-state index contributed by atoms with van der Waals surface area (Å²) in [6.45, 7) is 2.36. The van der Waals surface area contributed by atoms with Crippen molar-refractivity contribution in [2.75, 3.05) is 12.4 Å². The van der Waals surface area contributed by atoms with Crippen LogP contribution in [0.5, 0.6) is 0 Å². The highest BCUT2D eigenvalue weighted by atomic mass is 32.2. The largest absolute Gasteiger partial charge is 0.394 e. The molecule has 4 heteroatoms. The molecule has 1 unspecified atom stereocenters. The van der Waals surface area contributed by atoms with E-state index >= 15 is 0 Å². The highest BCUT2D eigenvalue weighted by Gasteiger charge is 2.31. The van der Waals surface area contributed by atoms with Gasteiger partial charge >= 0.3 is 0 Å². The molecule has 0 aliphatic heterocycles. The second-order valence-electron chi connectivity index (χ2n) is 4.67. The first-order valence-corrected chi connectivity index (χ1v) is 7.63. The topological polar surface area (TPSA) is 32.3 Å². The fourth-order valence-corrected chi connectivity index (χ4v) is 3.71.